The topological polar surface area (TPSA) is 116 Å². The van der Waals surface area contributed by atoms with Crippen molar-refractivity contribution in [1.29, 1.82) is 0 Å². The number of methoxy groups -OCH3 is 1. The van der Waals surface area contributed by atoms with Crippen LogP contribution in [-0.2, 0) is 20.9 Å². The average molecular weight is 517 g/mol. The summed E-state index contributed by atoms with van der Waals surface area (Å²) in [7, 11) is 1.52. The van der Waals surface area contributed by atoms with Crippen LogP contribution in [0.25, 0.3) is 10.9 Å². The number of hydrogen-bond donors (Lipinski definition) is 2. The van der Waals surface area contributed by atoms with Gasteiger partial charge in [-0.25, -0.2) is 0 Å². The Morgan fingerprint density at radius 1 is 1.18 bits per heavy atom. The number of aromatic nitrogens is 1. The highest BCUT2D eigenvalue weighted by atomic mass is 16.5. The van der Waals surface area contributed by atoms with Gasteiger partial charge < -0.3 is 25.1 Å². The maximum atomic E-state index is 13.7. The zero-order valence-electron chi connectivity index (χ0n) is 22.0. The molecule has 38 heavy (non-hydrogen) atoms. The summed E-state index contributed by atoms with van der Waals surface area (Å²) in [5.74, 6) is -0.403. The van der Waals surface area contributed by atoms with Crippen LogP contribution in [0.3, 0.4) is 0 Å². The maximum Gasteiger partial charge on any atom is 0.259 e. The number of anilines is 1. The normalized spacial score (nSPS) is 16.5. The predicted molar refractivity (Wildman–Crippen MR) is 144 cm³/mol. The number of nitrogens with one attached hydrogen (secondary N) is 1. The molecule has 5 rings (SSSR count). The Hall–Kier alpha value is -4.27. The molecule has 2 aliphatic heterocycles. The zero-order valence-corrected chi connectivity index (χ0v) is 22.0. The first kappa shape index (κ1) is 25.4. The van der Waals surface area contributed by atoms with Crippen molar-refractivity contribution in [2.45, 2.75) is 39.7 Å². The molecule has 3 amide bonds. The quantitative estimate of drug-likeness (QED) is 0.471. The lowest BCUT2D eigenvalue weighted by Crippen LogP contribution is -2.33. The smallest absolute Gasteiger partial charge is 0.259 e. The summed E-state index contributed by atoms with van der Waals surface area (Å²) in [4.78, 5) is 38.8. The van der Waals surface area contributed by atoms with Gasteiger partial charge in [0.2, 0.25) is 5.91 Å². The number of aryl methyl sites for hydroxylation is 1. The number of rotatable bonds is 8. The second kappa shape index (κ2) is 9.89. The van der Waals surface area contributed by atoms with Gasteiger partial charge in [-0.05, 0) is 47.7 Å². The number of imide groups is 1. The molecule has 2 aromatic carbocycles. The van der Waals surface area contributed by atoms with E-state index in [1.165, 1.54) is 18.9 Å². The Bertz CT molecular complexity index is 1490. The van der Waals surface area contributed by atoms with Gasteiger partial charge in [0, 0.05) is 42.4 Å². The first-order valence-corrected chi connectivity index (χ1v) is 12.7. The largest absolute Gasteiger partial charge is 0.493 e. The van der Waals surface area contributed by atoms with E-state index < -0.39 is 11.8 Å². The van der Waals surface area contributed by atoms with Gasteiger partial charge in [0.05, 0.1) is 24.7 Å². The lowest BCUT2D eigenvalue weighted by Gasteiger charge is -2.21. The molecule has 3 heterocycles. The van der Waals surface area contributed by atoms with Crippen LogP contribution in [0.5, 0.6) is 11.5 Å². The standard InChI is InChI=1S/C29H32N4O5/c1-16(2)10-11-32-13-19-26(18-8-9-23(37-4)24(12-18)38-15-25(30)35)28-21(14-33(17(3)34)29(28)36)31-20-6-5-7-22(32)27(19)20/h5-9,12-13,16,26,31H,10-11,14-15H2,1-4H3,(H2,30,35)/t26-/m0/s1. The summed E-state index contributed by atoms with van der Waals surface area (Å²) in [5.41, 5.74) is 10.2. The number of hydrogen-bond acceptors (Lipinski definition) is 6. The first-order chi connectivity index (χ1) is 18.2. The summed E-state index contributed by atoms with van der Waals surface area (Å²) in [6.45, 7) is 6.49. The Balaban J connectivity index is 1.73. The summed E-state index contributed by atoms with van der Waals surface area (Å²) in [6, 6.07) is 11.5. The molecule has 2 aliphatic rings. The summed E-state index contributed by atoms with van der Waals surface area (Å²) >= 11 is 0. The molecule has 9 nitrogen and oxygen atoms in total. The van der Waals surface area contributed by atoms with Crippen LogP contribution in [0.4, 0.5) is 5.69 Å². The van der Waals surface area contributed by atoms with E-state index in [0.717, 1.165) is 40.7 Å². The molecule has 0 fully saturated rings. The van der Waals surface area contributed by atoms with E-state index in [2.05, 4.69) is 36.0 Å². The molecule has 0 unspecified atom stereocenters. The van der Waals surface area contributed by atoms with Crippen molar-refractivity contribution in [3.8, 4) is 11.5 Å². The minimum Gasteiger partial charge on any atom is -0.493 e. The SMILES string of the molecule is COc1ccc([C@@H]2C3=C(CN(C(C)=O)C3=O)Nc3cccc4c3c2cn4CCC(C)C)cc1OCC(N)=O. The molecule has 3 N–H and O–H groups in total. The number of benzene rings is 2. The Kier molecular flexibility index (Phi) is 6.60. The van der Waals surface area contributed by atoms with Gasteiger partial charge in [-0.2, -0.15) is 0 Å². The zero-order chi connectivity index (χ0) is 27.1. The van der Waals surface area contributed by atoms with E-state index in [-0.39, 0.29) is 25.0 Å². The van der Waals surface area contributed by atoms with Gasteiger partial charge in [-0.15, -0.1) is 0 Å². The second-order valence-corrected chi connectivity index (χ2v) is 10.2. The molecule has 0 aliphatic carbocycles. The molecule has 0 saturated heterocycles. The van der Waals surface area contributed by atoms with Gasteiger partial charge in [0.25, 0.3) is 11.8 Å². The third-order valence-corrected chi connectivity index (χ3v) is 7.16. The maximum absolute atomic E-state index is 13.7. The second-order valence-electron chi connectivity index (χ2n) is 10.2. The van der Waals surface area contributed by atoms with E-state index in [0.29, 0.717) is 28.7 Å². The van der Waals surface area contributed by atoms with E-state index >= 15 is 0 Å². The van der Waals surface area contributed by atoms with Gasteiger partial charge in [-0.1, -0.05) is 26.0 Å². The number of amides is 3. The lowest BCUT2D eigenvalue weighted by molar-refractivity contribution is -0.139. The summed E-state index contributed by atoms with van der Waals surface area (Å²) in [5, 5.41) is 4.53. The summed E-state index contributed by atoms with van der Waals surface area (Å²) < 4.78 is 13.4. The number of ether oxygens (including phenoxy) is 2. The monoisotopic (exact) mass is 516 g/mol. The van der Waals surface area contributed by atoms with E-state index in [1.807, 2.05) is 18.2 Å². The van der Waals surface area contributed by atoms with Crippen LogP contribution in [-0.4, -0.2) is 47.4 Å². The minimum atomic E-state index is -0.609. The number of nitrogens with zero attached hydrogens (tertiary/aromatic N) is 2. The molecule has 9 heteroatoms. The average Bonchev–Trinajstić information content (AvgIpc) is 3.36. The molecule has 0 radical (unpaired) electrons. The van der Waals surface area contributed by atoms with Crippen LogP contribution in [0.1, 0.15) is 44.2 Å². The van der Waals surface area contributed by atoms with Gasteiger partial charge >= 0.3 is 0 Å². The fraction of sp³-hybridized carbons (Fsp3) is 0.345. The van der Waals surface area contributed by atoms with Crippen molar-refractivity contribution in [2.24, 2.45) is 11.7 Å². The number of carbonyl (C=O) groups excluding carboxylic acids is 3. The molecule has 0 saturated carbocycles. The van der Waals surface area contributed by atoms with E-state index in [4.69, 9.17) is 15.2 Å². The Morgan fingerprint density at radius 2 is 1.97 bits per heavy atom. The molecule has 0 bridgehead atoms. The van der Waals surface area contributed by atoms with Crippen LogP contribution in [0.15, 0.2) is 53.9 Å². The minimum absolute atomic E-state index is 0.176. The van der Waals surface area contributed by atoms with Crippen molar-refractivity contribution in [2.75, 3.05) is 25.6 Å². The molecule has 1 atom stereocenters. The summed E-state index contributed by atoms with van der Waals surface area (Å²) in [6.07, 6.45) is 3.13. The fourth-order valence-electron chi connectivity index (χ4n) is 5.34. The van der Waals surface area contributed by atoms with Crippen molar-refractivity contribution in [1.82, 2.24) is 9.47 Å². The van der Waals surface area contributed by atoms with Crippen LogP contribution in [0.2, 0.25) is 0 Å². The van der Waals surface area contributed by atoms with E-state index in [9.17, 15) is 14.4 Å². The molecule has 0 spiro atoms. The third-order valence-electron chi connectivity index (χ3n) is 7.16. The van der Waals surface area contributed by atoms with Crippen molar-refractivity contribution in [3.05, 3.63) is 65.0 Å². The third kappa shape index (κ3) is 4.38. The molecular weight excluding hydrogens is 484 g/mol. The highest BCUT2D eigenvalue weighted by Crippen LogP contribution is 2.47. The van der Waals surface area contributed by atoms with Crippen molar-refractivity contribution < 1.29 is 23.9 Å². The molecule has 198 valence electrons. The van der Waals surface area contributed by atoms with Crippen LogP contribution < -0.4 is 20.5 Å². The predicted octanol–water partition coefficient (Wildman–Crippen LogP) is 3.76. The van der Waals surface area contributed by atoms with Crippen LogP contribution in [0, 0.1) is 5.92 Å². The Morgan fingerprint density at radius 3 is 2.66 bits per heavy atom. The molecule has 3 aromatic rings. The fourth-order valence-corrected chi connectivity index (χ4v) is 5.34. The van der Waals surface area contributed by atoms with E-state index in [1.54, 1.807) is 12.1 Å². The first-order valence-electron chi connectivity index (χ1n) is 12.7. The van der Waals surface area contributed by atoms with Gasteiger partial charge in [-0.3, -0.25) is 19.3 Å². The highest BCUT2D eigenvalue weighted by Gasteiger charge is 2.41. The number of carbonyl (C=O) groups is 3. The van der Waals surface area contributed by atoms with Gasteiger partial charge in [0.15, 0.2) is 18.1 Å². The molecule has 1 aromatic heterocycles. The van der Waals surface area contributed by atoms with Crippen molar-refractivity contribution >= 4 is 34.3 Å². The molecular formula is C29H32N4O5. The number of primary amides is 1. The van der Waals surface area contributed by atoms with Crippen molar-refractivity contribution in [3.63, 3.8) is 0 Å². The Labute approximate surface area is 221 Å². The number of nitrogens with two attached hydrogens (primary N) is 1. The lowest BCUT2D eigenvalue weighted by atomic mass is 9.84. The van der Waals surface area contributed by atoms with Gasteiger partial charge in [0.1, 0.15) is 0 Å². The van der Waals surface area contributed by atoms with Crippen LogP contribution >= 0.6 is 0 Å². The highest BCUT2D eigenvalue weighted by molar-refractivity contribution is 6.11.